The minimum absolute atomic E-state index is 0.131. The Balaban J connectivity index is 2.17. The molecule has 0 aromatic carbocycles. The number of aryl methyl sites for hydroxylation is 2. The first-order chi connectivity index (χ1) is 7.56. The van der Waals surface area contributed by atoms with Gasteiger partial charge >= 0.3 is 12.0 Å². The molecular formula is C9H9N3O3S. The standard InChI is InChI=1S/C9H9N3O3S/c1-4-5(2)16-9(10-4)12-8-11-6(3-15-8)7(13)14/h3H,1-2H3,(H,13,14)(H,10,11,12). The number of oxazole rings is 1. The molecule has 0 bridgehead atoms. The fourth-order valence-electron chi connectivity index (χ4n) is 1.05. The number of carboxylic acid groups (broad SMARTS) is 1. The van der Waals surface area contributed by atoms with Gasteiger partial charge in [-0.05, 0) is 13.8 Å². The van der Waals surface area contributed by atoms with Crippen molar-refractivity contribution >= 4 is 28.5 Å². The second-order valence-corrected chi connectivity index (χ2v) is 4.33. The van der Waals surface area contributed by atoms with Gasteiger partial charge in [0.2, 0.25) is 0 Å². The van der Waals surface area contributed by atoms with E-state index >= 15 is 0 Å². The molecule has 0 amide bonds. The molecule has 2 rings (SSSR count). The summed E-state index contributed by atoms with van der Waals surface area (Å²) >= 11 is 1.46. The molecule has 0 fully saturated rings. The number of nitrogens with one attached hydrogen (secondary N) is 1. The number of thiazole rings is 1. The Labute approximate surface area is 95.0 Å². The minimum atomic E-state index is -1.12. The van der Waals surface area contributed by atoms with E-state index in [2.05, 4.69) is 15.3 Å². The number of nitrogens with zero attached hydrogens (tertiary/aromatic N) is 2. The van der Waals surface area contributed by atoms with Crippen molar-refractivity contribution in [2.45, 2.75) is 13.8 Å². The number of rotatable bonds is 3. The molecule has 2 aromatic rings. The molecule has 0 radical (unpaired) electrons. The van der Waals surface area contributed by atoms with Crippen molar-refractivity contribution in [1.29, 1.82) is 0 Å². The minimum Gasteiger partial charge on any atom is -0.476 e. The van der Waals surface area contributed by atoms with E-state index in [0.29, 0.717) is 5.13 Å². The number of hydrogen-bond acceptors (Lipinski definition) is 6. The van der Waals surface area contributed by atoms with Crippen molar-refractivity contribution in [2.24, 2.45) is 0 Å². The van der Waals surface area contributed by atoms with Crippen molar-refractivity contribution in [3.8, 4) is 0 Å². The quantitative estimate of drug-likeness (QED) is 0.853. The number of carboxylic acids is 1. The molecule has 0 spiro atoms. The molecule has 0 aliphatic carbocycles. The summed E-state index contributed by atoms with van der Waals surface area (Å²) in [5, 5.41) is 12.1. The molecule has 84 valence electrons. The van der Waals surface area contributed by atoms with E-state index in [4.69, 9.17) is 9.52 Å². The Morgan fingerprint density at radius 3 is 2.75 bits per heavy atom. The van der Waals surface area contributed by atoms with E-state index in [1.54, 1.807) is 0 Å². The summed E-state index contributed by atoms with van der Waals surface area (Å²) < 4.78 is 4.94. The average Bonchev–Trinajstić information content (AvgIpc) is 2.76. The zero-order chi connectivity index (χ0) is 11.7. The lowest BCUT2D eigenvalue weighted by molar-refractivity contribution is 0.0690. The van der Waals surface area contributed by atoms with E-state index in [1.165, 1.54) is 11.3 Å². The normalized spacial score (nSPS) is 10.4. The van der Waals surface area contributed by atoms with Crippen molar-refractivity contribution in [3.05, 3.63) is 22.5 Å². The van der Waals surface area contributed by atoms with Gasteiger partial charge < -0.3 is 9.52 Å². The smallest absolute Gasteiger partial charge is 0.357 e. The van der Waals surface area contributed by atoms with E-state index in [1.807, 2.05) is 13.8 Å². The van der Waals surface area contributed by atoms with Gasteiger partial charge in [0, 0.05) is 4.88 Å². The van der Waals surface area contributed by atoms with Crippen LogP contribution in [0.3, 0.4) is 0 Å². The van der Waals surface area contributed by atoms with Gasteiger partial charge in [-0.1, -0.05) is 0 Å². The maximum Gasteiger partial charge on any atom is 0.357 e. The highest BCUT2D eigenvalue weighted by Crippen LogP contribution is 2.24. The second-order valence-electron chi connectivity index (χ2n) is 3.13. The molecule has 16 heavy (non-hydrogen) atoms. The third-order valence-corrected chi connectivity index (χ3v) is 2.95. The van der Waals surface area contributed by atoms with Gasteiger partial charge in [-0.25, -0.2) is 9.78 Å². The topological polar surface area (TPSA) is 88.2 Å². The Bertz CT molecular complexity index is 512. The molecule has 0 aliphatic heterocycles. The lowest BCUT2D eigenvalue weighted by Crippen LogP contribution is -1.97. The van der Waals surface area contributed by atoms with Crippen LogP contribution in [0.2, 0.25) is 0 Å². The predicted octanol–water partition coefficient (Wildman–Crippen LogP) is 2.19. The summed E-state index contributed by atoms with van der Waals surface area (Å²) in [6, 6.07) is 0.131. The summed E-state index contributed by atoms with van der Waals surface area (Å²) in [4.78, 5) is 19.6. The zero-order valence-corrected chi connectivity index (χ0v) is 9.46. The van der Waals surface area contributed by atoms with Crippen LogP contribution in [0.5, 0.6) is 0 Å². The summed E-state index contributed by atoms with van der Waals surface area (Å²) in [5.41, 5.74) is 0.796. The molecule has 6 nitrogen and oxygen atoms in total. The zero-order valence-electron chi connectivity index (χ0n) is 8.64. The first kappa shape index (κ1) is 10.6. The van der Waals surface area contributed by atoms with Crippen LogP contribution < -0.4 is 5.32 Å². The highest BCUT2D eigenvalue weighted by atomic mass is 32.1. The van der Waals surface area contributed by atoms with Crippen LogP contribution in [0.15, 0.2) is 10.7 Å². The third kappa shape index (κ3) is 2.03. The van der Waals surface area contributed by atoms with Gasteiger partial charge in [0.15, 0.2) is 10.8 Å². The number of aromatic carboxylic acids is 1. The van der Waals surface area contributed by atoms with Gasteiger partial charge in [-0.3, -0.25) is 5.32 Å². The van der Waals surface area contributed by atoms with Crippen LogP contribution >= 0.6 is 11.3 Å². The number of hydrogen-bond donors (Lipinski definition) is 2. The molecule has 0 saturated carbocycles. The largest absolute Gasteiger partial charge is 0.476 e. The number of aromatic nitrogens is 2. The van der Waals surface area contributed by atoms with E-state index in [0.717, 1.165) is 16.8 Å². The SMILES string of the molecule is Cc1nc(Nc2nc(C(=O)O)co2)sc1C. The van der Waals surface area contributed by atoms with Gasteiger partial charge in [-0.2, -0.15) is 4.98 Å². The van der Waals surface area contributed by atoms with Crippen LogP contribution in [-0.4, -0.2) is 21.0 Å². The molecule has 0 atom stereocenters. The van der Waals surface area contributed by atoms with E-state index in [9.17, 15) is 4.79 Å². The summed E-state index contributed by atoms with van der Waals surface area (Å²) in [6.45, 7) is 3.85. The van der Waals surface area contributed by atoms with Crippen molar-refractivity contribution in [2.75, 3.05) is 5.32 Å². The molecular weight excluding hydrogens is 230 g/mol. The fourth-order valence-corrected chi connectivity index (χ4v) is 1.85. The van der Waals surface area contributed by atoms with Crippen molar-refractivity contribution < 1.29 is 14.3 Å². The molecule has 0 unspecified atom stereocenters. The first-order valence-corrected chi connectivity index (χ1v) is 5.28. The highest BCUT2D eigenvalue weighted by Gasteiger charge is 2.12. The van der Waals surface area contributed by atoms with Gasteiger partial charge in [-0.15, -0.1) is 11.3 Å². The maximum atomic E-state index is 10.6. The molecule has 2 N–H and O–H groups in total. The lowest BCUT2D eigenvalue weighted by Gasteiger charge is -1.93. The number of carbonyl (C=O) groups is 1. The average molecular weight is 239 g/mol. The van der Waals surface area contributed by atoms with Crippen molar-refractivity contribution in [1.82, 2.24) is 9.97 Å². The first-order valence-electron chi connectivity index (χ1n) is 4.46. The van der Waals surface area contributed by atoms with Crippen LogP contribution in [0, 0.1) is 13.8 Å². The van der Waals surface area contributed by atoms with E-state index in [-0.39, 0.29) is 11.7 Å². The molecule has 0 aliphatic rings. The summed E-state index contributed by atoms with van der Waals surface area (Å²) in [6.07, 6.45) is 1.08. The molecule has 2 aromatic heterocycles. The Kier molecular flexibility index (Phi) is 2.61. The highest BCUT2D eigenvalue weighted by molar-refractivity contribution is 7.15. The predicted molar refractivity (Wildman–Crippen MR) is 58.3 cm³/mol. The molecule has 2 heterocycles. The summed E-state index contributed by atoms with van der Waals surface area (Å²) in [5.74, 6) is -1.12. The lowest BCUT2D eigenvalue weighted by atomic mass is 10.4. The molecule has 7 heteroatoms. The third-order valence-electron chi connectivity index (χ3n) is 1.97. The van der Waals surface area contributed by atoms with Crippen molar-refractivity contribution in [3.63, 3.8) is 0 Å². The van der Waals surface area contributed by atoms with Gasteiger partial charge in [0.1, 0.15) is 6.26 Å². The van der Waals surface area contributed by atoms with Crippen LogP contribution in [0.25, 0.3) is 0 Å². The Morgan fingerprint density at radius 2 is 2.25 bits per heavy atom. The molecule has 0 saturated heterocycles. The van der Waals surface area contributed by atoms with Crippen LogP contribution in [0.1, 0.15) is 21.1 Å². The van der Waals surface area contributed by atoms with Crippen LogP contribution in [-0.2, 0) is 0 Å². The van der Waals surface area contributed by atoms with Gasteiger partial charge in [0.05, 0.1) is 5.69 Å². The maximum absolute atomic E-state index is 10.6. The monoisotopic (exact) mass is 239 g/mol. The Morgan fingerprint density at radius 1 is 1.50 bits per heavy atom. The van der Waals surface area contributed by atoms with E-state index < -0.39 is 5.97 Å². The summed E-state index contributed by atoms with van der Waals surface area (Å²) in [7, 11) is 0. The van der Waals surface area contributed by atoms with Crippen LogP contribution in [0.4, 0.5) is 11.1 Å². The number of anilines is 2. The fraction of sp³-hybridized carbons (Fsp3) is 0.222. The second kappa shape index (κ2) is 3.93. The Hall–Kier alpha value is -1.89. The van der Waals surface area contributed by atoms with Gasteiger partial charge in [0.25, 0.3) is 0 Å².